The van der Waals surface area contributed by atoms with Crippen LogP contribution in [-0.2, 0) is 14.9 Å². The highest BCUT2D eigenvalue weighted by Gasteiger charge is 2.48. The van der Waals surface area contributed by atoms with Crippen LogP contribution in [0.3, 0.4) is 0 Å². The number of carbonyl (C=O) groups excluding carboxylic acids is 2. The average Bonchev–Trinajstić information content (AvgIpc) is 3.44. The summed E-state index contributed by atoms with van der Waals surface area (Å²) in [5.74, 6) is 1.36. The summed E-state index contributed by atoms with van der Waals surface area (Å²) >= 11 is 0. The Hall–Kier alpha value is -3.36. The van der Waals surface area contributed by atoms with Crippen LogP contribution in [0.15, 0.2) is 30.5 Å². The van der Waals surface area contributed by atoms with E-state index >= 15 is 0 Å². The molecule has 2 aliphatic heterocycles. The Labute approximate surface area is 219 Å². The third-order valence-corrected chi connectivity index (χ3v) is 7.53. The first-order valence-electron chi connectivity index (χ1n) is 13.3. The van der Waals surface area contributed by atoms with Crippen LogP contribution < -0.4 is 15.1 Å². The largest absolute Gasteiger partial charge is 0.444 e. The molecule has 2 amide bonds. The third kappa shape index (κ3) is 5.08. The van der Waals surface area contributed by atoms with E-state index in [1.165, 1.54) is 0 Å². The Bertz CT molecular complexity index is 1160. The second kappa shape index (κ2) is 9.50. The maximum Gasteiger partial charge on any atom is 0.410 e. The minimum absolute atomic E-state index is 0.122. The number of benzene rings is 1. The molecule has 0 unspecified atom stereocenters. The minimum Gasteiger partial charge on any atom is -0.444 e. The van der Waals surface area contributed by atoms with Crippen molar-refractivity contribution >= 4 is 35.1 Å². The highest BCUT2D eigenvalue weighted by atomic mass is 16.6. The van der Waals surface area contributed by atoms with Crippen molar-refractivity contribution in [1.29, 1.82) is 0 Å². The van der Waals surface area contributed by atoms with Crippen molar-refractivity contribution < 1.29 is 14.3 Å². The fourth-order valence-corrected chi connectivity index (χ4v) is 5.43. The number of carbonyl (C=O) groups is 2. The molecule has 3 aliphatic rings. The van der Waals surface area contributed by atoms with E-state index in [0.717, 1.165) is 61.5 Å². The summed E-state index contributed by atoms with van der Waals surface area (Å²) in [6, 6.07) is 8.38. The lowest BCUT2D eigenvalue weighted by molar-refractivity contribution is -0.122. The van der Waals surface area contributed by atoms with Gasteiger partial charge in [-0.05, 0) is 71.7 Å². The molecule has 37 heavy (non-hydrogen) atoms. The number of piperazine rings is 1. The summed E-state index contributed by atoms with van der Waals surface area (Å²) < 4.78 is 5.50. The highest BCUT2D eigenvalue weighted by Crippen LogP contribution is 2.44. The molecule has 1 aliphatic carbocycles. The van der Waals surface area contributed by atoms with Crippen LogP contribution in [0.2, 0.25) is 0 Å². The number of anilines is 4. The molecule has 0 spiro atoms. The third-order valence-electron chi connectivity index (χ3n) is 7.53. The molecule has 1 saturated heterocycles. The van der Waals surface area contributed by atoms with Crippen molar-refractivity contribution in [2.75, 3.05) is 41.3 Å². The van der Waals surface area contributed by atoms with Gasteiger partial charge in [-0.15, -0.1) is 0 Å². The number of nitrogens with zero attached hydrogens (tertiary/aromatic N) is 5. The average molecular weight is 507 g/mol. The van der Waals surface area contributed by atoms with Gasteiger partial charge in [0.15, 0.2) is 0 Å². The number of nitrogens with one attached hydrogen (secondary N) is 1. The van der Waals surface area contributed by atoms with E-state index in [1.807, 2.05) is 51.7 Å². The fourth-order valence-electron chi connectivity index (χ4n) is 5.43. The van der Waals surface area contributed by atoms with Gasteiger partial charge >= 0.3 is 6.09 Å². The summed E-state index contributed by atoms with van der Waals surface area (Å²) in [4.78, 5) is 40.9. The number of fused-ring (bicyclic) bond motifs is 1. The molecule has 2 aromatic rings. The maximum absolute atomic E-state index is 13.3. The molecule has 1 N–H and O–H groups in total. The predicted octanol–water partition coefficient (Wildman–Crippen LogP) is 4.84. The van der Waals surface area contributed by atoms with Crippen LogP contribution in [0.25, 0.3) is 0 Å². The van der Waals surface area contributed by atoms with E-state index in [1.54, 1.807) is 11.1 Å². The van der Waals surface area contributed by atoms with Gasteiger partial charge in [0, 0.05) is 55.4 Å². The van der Waals surface area contributed by atoms with Crippen LogP contribution in [0.4, 0.5) is 27.9 Å². The van der Waals surface area contributed by atoms with Gasteiger partial charge < -0.3 is 19.9 Å². The molecule has 0 bridgehead atoms. The van der Waals surface area contributed by atoms with Gasteiger partial charge in [-0.25, -0.2) is 9.78 Å². The molecule has 1 saturated carbocycles. The number of hydrogen-bond acceptors (Lipinski definition) is 7. The van der Waals surface area contributed by atoms with Gasteiger partial charge in [-0.1, -0.05) is 12.8 Å². The van der Waals surface area contributed by atoms with E-state index in [9.17, 15) is 9.59 Å². The number of aromatic nitrogens is 2. The molecule has 9 nitrogen and oxygen atoms in total. The van der Waals surface area contributed by atoms with Crippen molar-refractivity contribution in [1.82, 2.24) is 14.9 Å². The Kier molecular flexibility index (Phi) is 6.50. The van der Waals surface area contributed by atoms with Crippen molar-refractivity contribution in [2.24, 2.45) is 0 Å². The first-order chi connectivity index (χ1) is 17.5. The topological polar surface area (TPSA) is 90.9 Å². The molecule has 9 heteroatoms. The molecular weight excluding hydrogens is 468 g/mol. The van der Waals surface area contributed by atoms with Crippen LogP contribution in [0.5, 0.6) is 0 Å². The van der Waals surface area contributed by atoms with Crippen LogP contribution in [0.1, 0.15) is 65.9 Å². The SMILES string of the molecule is CC(C)(C)OC(=O)N1CCN(c2ccc(Nc3ncc4c(n3)N(C3CCCC3)C(=O)C4(C)C)cc2)CC1. The van der Waals surface area contributed by atoms with Crippen LogP contribution >= 0.6 is 0 Å². The lowest BCUT2D eigenvalue weighted by atomic mass is 9.88. The molecule has 1 aromatic heterocycles. The first kappa shape index (κ1) is 25.3. The van der Waals surface area contributed by atoms with Crippen molar-refractivity contribution in [3.8, 4) is 0 Å². The molecule has 5 rings (SSSR count). The van der Waals surface area contributed by atoms with Gasteiger partial charge in [-0.3, -0.25) is 9.69 Å². The van der Waals surface area contributed by atoms with Gasteiger partial charge in [0.05, 0.1) is 5.41 Å². The summed E-state index contributed by atoms with van der Waals surface area (Å²) in [5, 5.41) is 3.31. The van der Waals surface area contributed by atoms with Gasteiger partial charge in [0.1, 0.15) is 11.4 Å². The Balaban J connectivity index is 1.24. The van der Waals surface area contributed by atoms with Gasteiger partial charge in [0.2, 0.25) is 11.9 Å². The van der Waals surface area contributed by atoms with E-state index in [0.29, 0.717) is 19.0 Å². The van der Waals surface area contributed by atoms with Crippen LogP contribution in [0, 0.1) is 0 Å². The van der Waals surface area contributed by atoms with E-state index < -0.39 is 11.0 Å². The second-order valence-electron chi connectivity index (χ2n) is 11.8. The quantitative estimate of drug-likeness (QED) is 0.634. The summed E-state index contributed by atoms with van der Waals surface area (Å²) in [5.41, 5.74) is 1.79. The van der Waals surface area contributed by atoms with Crippen molar-refractivity contribution in [3.05, 3.63) is 36.0 Å². The molecule has 3 heterocycles. The zero-order valence-corrected chi connectivity index (χ0v) is 22.6. The maximum atomic E-state index is 13.3. The standard InChI is InChI=1S/C28H38N6O3/c1-27(2,3)37-26(36)33-16-14-32(15-17-33)20-12-10-19(11-13-20)30-25-29-18-22-23(31-25)34(21-8-6-7-9-21)24(35)28(22,4)5/h10-13,18,21H,6-9,14-17H2,1-5H3,(H,29,30,31). The number of rotatable bonds is 4. The first-order valence-corrected chi connectivity index (χ1v) is 13.3. The van der Waals surface area contributed by atoms with E-state index in [2.05, 4.69) is 27.3 Å². The second-order valence-corrected chi connectivity index (χ2v) is 11.8. The predicted molar refractivity (Wildman–Crippen MR) is 145 cm³/mol. The van der Waals surface area contributed by atoms with Crippen molar-refractivity contribution in [3.63, 3.8) is 0 Å². The smallest absolute Gasteiger partial charge is 0.410 e. The zero-order chi connectivity index (χ0) is 26.4. The minimum atomic E-state index is -0.606. The zero-order valence-electron chi connectivity index (χ0n) is 22.6. The Morgan fingerprint density at radius 3 is 2.32 bits per heavy atom. The summed E-state index contributed by atoms with van der Waals surface area (Å²) in [6.07, 6.45) is 5.92. The Morgan fingerprint density at radius 1 is 1.05 bits per heavy atom. The van der Waals surface area contributed by atoms with Gasteiger partial charge in [0.25, 0.3) is 0 Å². The van der Waals surface area contributed by atoms with Crippen molar-refractivity contribution in [2.45, 2.75) is 77.4 Å². The number of amides is 2. The molecule has 2 fully saturated rings. The molecule has 0 atom stereocenters. The Morgan fingerprint density at radius 2 is 1.70 bits per heavy atom. The lowest BCUT2D eigenvalue weighted by Gasteiger charge is -2.36. The lowest BCUT2D eigenvalue weighted by Crippen LogP contribution is -2.50. The molecule has 1 aromatic carbocycles. The van der Waals surface area contributed by atoms with E-state index in [-0.39, 0.29) is 18.0 Å². The molecular formula is C28H38N6O3. The molecule has 198 valence electrons. The molecule has 0 radical (unpaired) electrons. The van der Waals surface area contributed by atoms with Gasteiger partial charge in [-0.2, -0.15) is 4.98 Å². The summed E-state index contributed by atoms with van der Waals surface area (Å²) in [6.45, 7) is 12.3. The fraction of sp³-hybridized carbons (Fsp3) is 0.571. The summed E-state index contributed by atoms with van der Waals surface area (Å²) in [7, 11) is 0. The number of hydrogen-bond donors (Lipinski definition) is 1. The number of ether oxygens (including phenoxy) is 1. The monoisotopic (exact) mass is 506 g/mol. The normalized spacial score (nSPS) is 19.8. The highest BCUT2D eigenvalue weighted by molar-refractivity contribution is 6.07. The van der Waals surface area contributed by atoms with Crippen LogP contribution in [-0.4, -0.2) is 64.7 Å². The van der Waals surface area contributed by atoms with E-state index in [4.69, 9.17) is 9.72 Å².